The Morgan fingerprint density at radius 3 is 2.94 bits per heavy atom. The van der Waals surface area contributed by atoms with E-state index in [1.54, 1.807) is 13.3 Å². The van der Waals surface area contributed by atoms with Gasteiger partial charge in [-0.3, -0.25) is 0 Å². The molecule has 86 valence electrons. The van der Waals surface area contributed by atoms with Gasteiger partial charge in [0, 0.05) is 13.6 Å². The van der Waals surface area contributed by atoms with Gasteiger partial charge >= 0.3 is 0 Å². The monoisotopic (exact) mass is 284 g/mol. The molecular weight excluding hydrogens is 272 g/mol. The maximum absolute atomic E-state index is 8.73. The molecule has 1 heterocycles. The summed E-state index contributed by atoms with van der Waals surface area (Å²) in [6.45, 7) is 2.44. The second-order valence-electron chi connectivity index (χ2n) is 3.44. The zero-order valence-corrected chi connectivity index (χ0v) is 11.0. The van der Waals surface area contributed by atoms with Crippen LogP contribution in [0.3, 0.4) is 0 Å². The van der Waals surface area contributed by atoms with Gasteiger partial charge < -0.3 is 9.64 Å². The lowest BCUT2D eigenvalue weighted by Crippen LogP contribution is -2.25. The summed E-state index contributed by atoms with van der Waals surface area (Å²) >= 11 is 3.28. The van der Waals surface area contributed by atoms with Gasteiger partial charge in [0.1, 0.15) is 0 Å². The van der Waals surface area contributed by atoms with Crippen LogP contribution in [-0.2, 0) is 0 Å². The van der Waals surface area contributed by atoms with Crippen LogP contribution < -0.4 is 9.64 Å². The van der Waals surface area contributed by atoms with Gasteiger partial charge in [-0.05, 0) is 22.9 Å². The molecule has 0 spiro atoms. The van der Waals surface area contributed by atoms with Crippen LogP contribution in [0, 0.1) is 17.2 Å². The van der Waals surface area contributed by atoms with E-state index in [1.165, 1.54) is 0 Å². The van der Waals surface area contributed by atoms with E-state index >= 15 is 0 Å². The summed E-state index contributed by atoms with van der Waals surface area (Å²) in [5.74, 6) is 0.965. The Morgan fingerprint density at radius 2 is 2.38 bits per heavy atom. The quantitative estimate of drug-likeness (QED) is 0.844. The molecule has 0 saturated heterocycles. The summed E-state index contributed by atoms with van der Waals surface area (Å²) in [4.78, 5) is 10.2. The van der Waals surface area contributed by atoms with Crippen molar-refractivity contribution in [1.29, 1.82) is 5.26 Å². The molecule has 0 bridgehead atoms. The first-order valence-corrected chi connectivity index (χ1v) is 5.55. The lowest BCUT2D eigenvalue weighted by atomic mass is 10.2. The molecule has 6 heteroatoms. The van der Waals surface area contributed by atoms with Crippen molar-refractivity contribution in [3.05, 3.63) is 10.7 Å². The van der Waals surface area contributed by atoms with Crippen LogP contribution in [0.15, 0.2) is 10.7 Å². The molecule has 0 fully saturated rings. The Balaban J connectivity index is 2.84. The van der Waals surface area contributed by atoms with E-state index < -0.39 is 0 Å². The van der Waals surface area contributed by atoms with E-state index in [0.717, 1.165) is 0 Å². The Labute approximate surface area is 103 Å². The molecule has 5 nitrogen and oxygen atoms in total. The molecule has 0 aliphatic carbocycles. The molecule has 1 aromatic rings. The van der Waals surface area contributed by atoms with Gasteiger partial charge in [0.05, 0.1) is 29.8 Å². The number of rotatable bonds is 4. The van der Waals surface area contributed by atoms with Gasteiger partial charge in [-0.25, -0.2) is 4.98 Å². The Morgan fingerprint density at radius 1 is 1.69 bits per heavy atom. The van der Waals surface area contributed by atoms with Crippen LogP contribution in [-0.4, -0.2) is 30.7 Å². The number of methoxy groups -OCH3 is 1. The van der Waals surface area contributed by atoms with Crippen molar-refractivity contribution in [1.82, 2.24) is 9.97 Å². The fraction of sp³-hybridized carbons (Fsp3) is 0.500. The maximum Gasteiger partial charge on any atom is 0.232 e. The van der Waals surface area contributed by atoms with E-state index in [4.69, 9.17) is 10.00 Å². The number of halogens is 1. The number of nitriles is 1. The minimum absolute atomic E-state index is 0.0664. The molecule has 1 rings (SSSR count). The lowest BCUT2D eigenvalue weighted by molar-refractivity contribution is 0.394. The zero-order chi connectivity index (χ0) is 12.1. The summed E-state index contributed by atoms with van der Waals surface area (Å²) in [5.41, 5.74) is 0. The molecule has 0 N–H and O–H groups in total. The number of hydrogen-bond acceptors (Lipinski definition) is 5. The molecule has 1 aromatic heterocycles. The first-order valence-electron chi connectivity index (χ1n) is 4.75. The number of ether oxygens (including phenoxy) is 1. The molecule has 1 atom stereocenters. The second kappa shape index (κ2) is 5.66. The van der Waals surface area contributed by atoms with Crippen molar-refractivity contribution in [2.75, 3.05) is 25.6 Å². The molecule has 1 unspecified atom stereocenters. The predicted octanol–water partition coefficient (Wildman–Crippen LogP) is 1.84. The molecule has 0 radical (unpaired) electrons. The summed E-state index contributed by atoms with van der Waals surface area (Å²) in [6.07, 6.45) is 1.63. The highest BCUT2D eigenvalue weighted by Crippen LogP contribution is 2.23. The third kappa shape index (κ3) is 3.07. The number of hydrogen-bond donors (Lipinski definition) is 0. The summed E-state index contributed by atoms with van der Waals surface area (Å²) in [6, 6.07) is 2.17. The molecule has 0 aliphatic heterocycles. The largest absolute Gasteiger partial charge is 0.480 e. The third-order valence-corrected chi connectivity index (χ3v) is 2.55. The standard InChI is InChI=1S/C10H13BrN4O/c1-7(4-12)6-15(2)10-13-5-8(11)9(14-10)16-3/h5,7H,6H2,1-3H3. The predicted molar refractivity (Wildman–Crippen MR) is 64.3 cm³/mol. The topological polar surface area (TPSA) is 62.0 Å². The van der Waals surface area contributed by atoms with Gasteiger partial charge in [0.15, 0.2) is 0 Å². The van der Waals surface area contributed by atoms with Crippen molar-refractivity contribution >= 4 is 21.9 Å². The van der Waals surface area contributed by atoms with Crippen molar-refractivity contribution < 1.29 is 4.74 Å². The maximum atomic E-state index is 8.73. The van der Waals surface area contributed by atoms with Gasteiger partial charge in [0.25, 0.3) is 0 Å². The summed E-state index contributed by atoms with van der Waals surface area (Å²) in [7, 11) is 3.39. The van der Waals surface area contributed by atoms with Crippen LogP contribution in [0.25, 0.3) is 0 Å². The second-order valence-corrected chi connectivity index (χ2v) is 4.29. The first-order chi connectivity index (χ1) is 7.58. The molecule has 0 saturated carbocycles. The van der Waals surface area contributed by atoms with E-state index in [2.05, 4.69) is 32.0 Å². The highest BCUT2D eigenvalue weighted by atomic mass is 79.9. The van der Waals surface area contributed by atoms with Crippen LogP contribution in [0.4, 0.5) is 5.95 Å². The Kier molecular flexibility index (Phi) is 4.50. The van der Waals surface area contributed by atoms with Crippen LogP contribution in [0.1, 0.15) is 6.92 Å². The molecule has 0 amide bonds. The highest BCUT2D eigenvalue weighted by Gasteiger charge is 2.11. The number of aromatic nitrogens is 2. The first kappa shape index (κ1) is 12.7. The van der Waals surface area contributed by atoms with E-state index in [1.807, 2.05) is 18.9 Å². The van der Waals surface area contributed by atoms with Crippen molar-refractivity contribution in [3.8, 4) is 11.9 Å². The average Bonchev–Trinajstić information content (AvgIpc) is 2.29. The summed E-state index contributed by atoms with van der Waals surface area (Å²) < 4.78 is 5.79. The number of nitrogens with zero attached hydrogens (tertiary/aromatic N) is 4. The lowest BCUT2D eigenvalue weighted by Gasteiger charge is -2.18. The fourth-order valence-corrected chi connectivity index (χ4v) is 1.56. The molecule has 16 heavy (non-hydrogen) atoms. The number of anilines is 1. The van der Waals surface area contributed by atoms with Gasteiger partial charge in [-0.15, -0.1) is 0 Å². The molecule has 0 aromatic carbocycles. The minimum Gasteiger partial charge on any atom is -0.480 e. The zero-order valence-electron chi connectivity index (χ0n) is 9.44. The van der Waals surface area contributed by atoms with Crippen molar-refractivity contribution in [2.45, 2.75) is 6.92 Å². The van der Waals surface area contributed by atoms with E-state index in [9.17, 15) is 0 Å². The van der Waals surface area contributed by atoms with Crippen LogP contribution in [0.5, 0.6) is 5.88 Å². The SMILES string of the molecule is COc1nc(N(C)CC(C)C#N)ncc1Br. The van der Waals surface area contributed by atoms with Crippen LogP contribution >= 0.6 is 15.9 Å². The van der Waals surface area contributed by atoms with E-state index in [-0.39, 0.29) is 5.92 Å². The smallest absolute Gasteiger partial charge is 0.232 e. The summed E-state index contributed by atoms with van der Waals surface area (Å²) in [5, 5.41) is 8.73. The van der Waals surface area contributed by atoms with E-state index in [0.29, 0.717) is 22.8 Å². The van der Waals surface area contributed by atoms with Gasteiger partial charge in [0.2, 0.25) is 11.8 Å². The van der Waals surface area contributed by atoms with Crippen LogP contribution in [0.2, 0.25) is 0 Å². The molecule has 0 aliphatic rings. The normalized spacial score (nSPS) is 11.7. The minimum atomic E-state index is -0.0664. The third-order valence-electron chi connectivity index (χ3n) is 2.00. The fourth-order valence-electron chi connectivity index (χ4n) is 1.20. The van der Waals surface area contributed by atoms with Gasteiger partial charge in [-0.1, -0.05) is 0 Å². The van der Waals surface area contributed by atoms with Crippen molar-refractivity contribution in [3.63, 3.8) is 0 Å². The van der Waals surface area contributed by atoms with Crippen molar-refractivity contribution in [2.24, 2.45) is 5.92 Å². The Hall–Kier alpha value is -1.35. The average molecular weight is 285 g/mol. The Bertz CT molecular complexity index is 404. The van der Waals surface area contributed by atoms with Gasteiger partial charge in [-0.2, -0.15) is 10.2 Å². The molecular formula is C10H13BrN4O. The highest BCUT2D eigenvalue weighted by molar-refractivity contribution is 9.10.